The maximum Gasteiger partial charge on any atom is 0.208 e. The van der Waals surface area contributed by atoms with E-state index in [1.54, 1.807) is 11.8 Å². The number of anilines is 1. The molecule has 0 aliphatic heterocycles. The van der Waals surface area contributed by atoms with Crippen molar-refractivity contribution in [2.45, 2.75) is 12.1 Å². The van der Waals surface area contributed by atoms with Crippen molar-refractivity contribution in [3.63, 3.8) is 0 Å². The fraction of sp³-hybridized carbons (Fsp3) is 0.250. The van der Waals surface area contributed by atoms with E-state index in [4.69, 9.17) is 0 Å². The van der Waals surface area contributed by atoms with Gasteiger partial charge >= 0.3 is 0 Å². The highest BCUT2D eigenvalue weighted by atomic mass is 32.2. The highest BCUT2D eigenvalue weighted by Gasteiger charge is 2.01. The van der Waals surface area contributed by atoms with Crippen molar-refractivity contribution in [1.82, 2.24) is 25.1 Å². The van der Waals surface area contributed by atoms with E-state index in [1.165, 1.54) is 0 Å². The van der Waals surface area contributed by atoms with E-state index in [0.29, 0.717) is 0 Å². The van der Waals surface area contributed by atoms with Crippen LogP contribution in [-0.2, 0) is 0 Å². The normalized spacial score (nSPS) is 11.0. The minimum absolute atomic E-state index is 0.784. The van der Waals surface area contributed by atoms with Crippen LogP contribution >= 0.6 is 11.8 Å². The summed E-state index contributed by atoms with van der Waals surface area (Å²) >= 11 is 1.61. The Morgan fingerprint density at radius 2 is 2.21 bits per heavy atom. The molecule has 0 fully saturated rings. The zero-order valence-electron chi connectivity index (χ0n) is 10.5. The van der Waals surface area contributed by atoms with Gasteiger partial charge in [0.1, 0.15) is 17.3 Å². The molecular formula is C12H14N6S. The van der Waals surface area contributed by atoms with Gasteiger partial charge in [-0.05, 0) is 25.1 Å². The second kappa shape index (κ2) is 5.31. The lowest BCUT2D eigenvalue weighted by atomic mass is 10.3. The topological polar surface area (TPSA) is 82.3 Å². The molecular weight excluding hydrogens is 260 g/mol. The first-order valence-electron chi connectivity index (χ1n) is 6.01. The van der Waals surface area contributed by atoms with Gasteiger partial charge in [0, 0.05) is 23.9 Å². The lowest BCUT2D eigenvalue weighted by Crippen LogP contribution is -2.05. The zero-order chi connectivity index (χ0) is 13.1. The molecule has 7 heteroatoms. The third-order valence-electron chi connectivity index (χ3n) is 2.63. The Kier molecular flexibility index (Phi) is 3.37. The summed E-state index contributed by atoms with van der Waals surface area (Å²) in [5.74, 6) is 2.61. The van der Waals surface area contributed by atoms with E-state index in [-0.39, 0.29) is 0 Å². The highest BCUT2D eigenvalue weighted by molar-refractivity contribution is 7.99. The number of aryl methyl sites for hydroxylation is 1. The van der Waals surface area contributed by atoms with Crippen molar-refractivity contribution in [2.24, 2.45) is 0 Å². The summed E-state index contributed by atoms with van der Waals surface area (Å²) < 4.78 is 0. The molecule has 3 heterocycles. The molecule has 19 heavy (non-hydrogen) atoms. The van der Waals surface area contributed by atoms with E-state index in [2.05, 4.69) is 30.5 Å². The largest absolute Gasteiger partial charge is 0.369 e. The van der Waals surface area contributed by atoms with Crippen LogP contribution in [0.4, 0.5) is 5.82 Å². The molecule has 0 amide bonds. The van der Waals surface area contributed by atoms with Crippen molar-refractivity contribution >= 4 is 28.6 Å². The smallest absolute Gasteiger partial charge is 0.208 e. The molecule has 0 aliphatic carbocycles. The van der Waals surface area contributed by atoms with Crippen LogP contribution in [0, 0.1) is 6.92 Å². The predicted molar refractivity (Wildman–Crippen MR) is 76.4 cm³/mol. The van der Waals surface area contributed by atoms with Crippen LogP contribution in [-0.4, -0.2) is 37.4 Å². The van der Waals surface area contributed by atoms with Gasteiger partial charge in [0.2, 0.25) is 5.16 Å². The van der Waals surface area contributed by atoms with Crippen LogP contribution in [0.3, 0.4) is 0 Å². The van der Waals surface area contributed by atoms with Crippen molar-refractivity contribution in [1.29, 1.82) is 0 Å². The molecule has 3 aromatic rings. The van der Waals surface area contributed by atoms with Gasteiger partial charge in [0.25, 0.3) is 0 Å². The maximum absolute atomic E-state index is 4.47. The van der Waals surface area contributed by atoms with Gasteiger partial charge in [-0.2, -0.15) is 0 Å². The number of hydrogen-bond acceptors (Lipinski definition) is 5. The number of aromatic amines is 2. The van der Waals surface area contributed by atoms with Gasteiger partial charge in [-0.3, -0.25) is 5.10 Å². The summed E-state index contributed by atoms with van der Waals surface area (Å²) in [4.78, 5) is 11.8. The SMILES string of the molecule is Cc1nc(SCCNc2ccc3cc[nH]c3n2)n[nH]1. The first kappa shape index (κ1) is 12.0. The Labute approximate surface area is 114 Å². The molecule has 3 rings (SSSR count). The molecule has 3 aromatic heterocycles. The monoisotopic (exact) mass is 274 g/mol. The van der Waals surface area contributed by atoms with Gasteiger partial charge in [-0.1, -0.05) is 11.8 Å². The van der Waals surface area contributed by atoms with E-state index in [0.717, 1.165) is 40.1 Å². The summed E-state index contributed by atoms with van der Waals surface area (Å²) in [5.41, 5.74) is 0.905. The summed E-state index contributed by atoms with van der Waals surface area (Å²) in [7, 11) is 0. The number of pyridine rings is 1. The summed E-state index contributed by atoms with van der Waals surface area (Å²) in [6.45, 7) is 2.71. The van der Waals surface area contributed by atoms with E-state index in [1.807, 2.05) is 31.3 Å². The predicted octanol–water partition coefficient (Wildman–Crippen LogP) is 2.19. The molecule has 0 unspecified atom stereocenters. The third-order valence-corrected chi connectivity index (χ3v) is 3.47. The average molecular weight is 274 g/mol. The quantitative estimate of drug-likeness (QED) is 0.491. The van der Waals surface area contributed by atoms with Crippen LogP contribution in [0.1, 0.15) is 5.82 Å². The van der Waals surface area contributed by atoms with Crippen molar-refractivity contribution in [2.75, 3.05) is 17.6 Å². The number of nitrogens with one attached hydrogen (secondary N) is 3. The molecule has 0 aromatic carbocycles. The molecule has 6 nitrogen and oxygen atoms in total. The number of rotatable bonds is 5. The highest BCUT2D eigenvalue weighted by Crippen LogP contribution is 2.14. The number of nitrogens with zero attached hydrogens (tertiary/aromatic N) is 3. The van der Waals surface area contributed by atoms with Crippen LogP contribution < -0.4 is 5.32 Å². The fourth-order valence-electron chi connectivity index (χ4n) is 1.74. The second-order valence-corrected chi connectivity index (χ2v) is 5.15. The number of aromatic nitrogens is 5. The number of H-pyrrole nitrogens is 2. The fourth-order valence-corrected chi connectivity index (χ4v) is 2.44. The molecule has 0 bridgehead atoms. The minimum atomic E-state index is 0.784. The maximum atomic E-state index is 4.47. The van der Waals surface area contributed by atoms with Gasteiger partial charge < -0.3 is 10.3 Å². The standard InChI is InChI=1S/C12H14N6S/c1-8-15-12(18-17-8)19-7-6-13-10-3-2-9-4-5-14-11(9)16-10/h2-5H,6-7H2,1H3,(H2,13,14,16)(H,15,17,18). The molecule has 0 atom stereocenters. The molecule has 98 valence electrons. The number of fused-ring (bicyclic) bond motifs is 1. The first-order chi connectivity index (χ1) is 9.31. The Morgan fingerprint density at radius 1 is 1.26 bits per heavy atom. The van der Waals surface area contributed by atoms with Crippen LogP contribution in [0.25, 0.3) is 11.0 Å². The Balaban J connectivity index is 1.51. The molecule has 0 spiro atoms. The van der Waals surface area contributed by atoms with Crippen LogP contribution in [0.15, 0.2) is 29.6 Å². The first-order valence-corrected chi connectivity index (χ1v) is 6.99. The van der Waals surface area contributed by atoms with Gasteiger partial charge in [0.15, 0.2) is 0 Å². The summed E-state index contributed by atoms with van der Waals surface area (Å²) in [5, 5.41) is 12.1. The van der Waals surface area contributed by atoms with Crippen molar-refractivity contribution < 1.29 is 0 Å². The zero-order valence-corrected chi connectivity index (χ0v) is 11.3. The summed E-state index contributed by atoms with van der Waals surface area (Å²) in [6, 6.07) is 6.04. The van der Waals surface area contributed by atoms with Crippen molar-refractivity contribution in [3.8, 4) is 0 Å². The molecule has 0 aliphatic rings. The summed E-state index contributed by atoms with van der Waals surface area (Å²) in [6.07, 6.45) is 1.89. The lowest BCUT2D eigenvalue weighted by molar-refractivity contribution is 0.968. The lowest BCUT2D eigenvalue weighted by Gasteiger charge is -2.04. The molecule has 0 saturated heterocycles. The van der Waals surface area contributed by atoms with E-state index < -0.39 is 0 Å². The number of hydrogen-bond donors (Lipinski definition) is 3. The Bertz CT molecular complexity index is 673. The Hall–Kier alpha value is -2.02. The van der Waals surface area contributed by atoms with Crippen LogP contribution in [0.2, 0.25) is 0 Å². The van der Waals surface area contributed by atoms with E-state index >= 15 is 0 Å². The Morgan fingerprint density at radius 3 is 3.05 bits per heavy atom. The van der Waals surface area contributed by atoms with Gasteiger partial charge in [-0.25, -0.2) is 9.97 Å². The van der Waals surface area contributed by atoms with Crippen molar-refractivity contribution in [3.05, 3.63) is 30.2 Å². The van der Waals surface area contributed by atoms with Crippen LogP contribution in [0.5, 0.6) is 0 Å². The molecule has 3 N–H and O–H groups in total. The molecule has 0 radical (unpaired) electrons. The third kappa shape index (κ3) is 2.87. The number of thioether (sulfide) groups is 1. The molecule has 0 saturated carbocycles. The minimum Gasteiger partial charge on any atom is -0.369 e. The average Bonchev–Trinajstić information content (AvgIpc) is 3.03. The van der Waals surface area contributed by atoms with E-state index in [9.17, 15) is 0 Å². The van der Waals surface area contributed by atoms with Gasteiger partial charge in [0.05, 0.1) is 0 Å². The van der Waals surface area contributed by atoms with Gasteiger partial charge in [-0.15, -0.1) is 5.10 Å². The second-order valence-electron chi connectivity index (χ2n) is 4.09.